The van der Waals surface area contributed by atoms with Gasteiger partial charge in [0.1, 0.15) is 5.69 Å². The Bertz CT molecular complexity index is 516. The molecule has 0 saturated carbocycles. The molecular weight excluding hydrogens is 256 g/mol. The minimum absolute atomic E-state index is 0.00381. The first-order chi connectivity index (χ1) is 9.29. The summed E-state index contributed by atoms with van der Waals surface area (Å²) in [7, 11) is 2.13. The Morgan fingerprint density at radius 1 is 1.40 bits per heavy atom. The number of nitrogen functional groups attached to an aromatic ring is 1. The van der Waals surface area contributed by atoms with Crippen LogP contribution in [-0.4, -0.2) is 46.9 Å². The van der Waals surface area contributed by atoms with E-state index in [1.165, 1.54) is 0 Å². The maximum absolute atomic E-state index is 10.9. The van der Waals surface area contributed by atoms with Gasteiger partial charge in [0, 0.05) is 37.8 Å². The lowest BCUT2D eigenvalue weighted by molar-refractivity contribution is -0.384. The van der Waals surface area contributed by atoms with Gasteiger partial charge in [0.15, 0.2) is 0 Å². The fourth-order valence-electron chi connectivity index (χ4n) is 2.58. The minimum Gasteiger partial charge on any atom is -0.393 e. The molecule has 0 aromatic heterocycles. The van der Waals surface area contributed by atoms with Crippen LogP contribution in [0.2, 0.25) is 0 Å². The molecule has 1 heterocycles. The molecule has 0 radical (unpaired) electrons. The molecule has 110 valence electrons. The summed E-state index contributed by atoms with van der Waals surface area (Å²) < 4.78 is 0. The zero-order chi connectivity index (χ0) is 14.9. The standard InChI is InChI=1S/C14H22N4O2/c1-14(2)10-17(7-6-16(14)3)9-11-4-5-12(15)13(8-11)18(19)20/h4-5,8H,6-7,9-10,15H2,1-3H3. The number of piperazine rings is 1. The lowest BCUT2D eigenvalue weighted by Crippen LogP contribution is -2.57. The second-order valence-corrected chi connectivity index (χ2v) is 6.09. The summed E-state index contributed by atoms with van der Waals surface area (Å²) in [6.45, 7) is 8.07. The third-order valence-corrected chi connectivity index (χ3v) is 4.09. The number of nitro benzene ring substituents is 1. The highest BCUT2D eigenvalue weighted by Gasteiger charge is 2.30. The Morgan fingerprint density at radius 2 is 2.10 bits per heavy atom. The minimum atomic E-state index is -0.424. The smallest absolute Gasteiger partial charge is 0.292 e. The van der Waals surface area contributed by atoms with Crippen molar-refractivity contribution in [3.63, 3.8) is 0 Å². The van der Waals surface area contributed by atoms with E-state index in [1.807, 2.05) is 6.07 Å². The molecule has 0 spiro atoms. The van der Waals surface area contributed by atoms with E-state index in [0.29, 0.717) is 0 Å². The van der Waals surface area contributed by atoms with E-state index >= 15 is 0 Å². The summed E-state index contributed by atoms with van der Waals surface area (Å²) in [6.07, 6.45) is 0. The monoisotopic (exact) mass is 278 g/mol. The molecule has 1 aromatic carbocycles. The van der Waals surface area contributed by atoms with Crippen molar-refractivity contribution in [3.8, 4) is 0 Å². The van der Waals surface area contributed by atoms with Crippen LogP contribution < -0.4 is 5.73 Å². The van der Waals surface area contributed by atoms with E-state index in [4.69, 9.17) is 5.73 Å². The first-order valence-corrected chi connectivity index (χ1v) is 6.76. The number of nitrogens with two attached hydrogens (primary N) is 1. The van der Waals surface area contributed by atoms with Crippen molar-refractivity contribution in [1.29, 1.82) is 0 Å². The van der Waals surface area contributed by atoms with E-state index in [9.17, 15) is 10.1 Å². The summed E-state index contributed by atoms with van der Waals surface area (Å²) in [5.41, 5.74) is 6.90. The Hall–Kier alpha value is -1.66. The number of benzene rings is 1. The van der Waals surface area contributed by atoms with Crippen molar-refractivity contribution in [2.75, 3.05) is 32.4 Å². The molecule has 1 aliphatic rings. The molecule has 0 atom stereocenters. The van der Waals surface area contributed by atoms with Gasteiger partial charge in [-0.1, -0.05) is 6.07 Å². The van der Waals surface area contributed by atoms with Crippen LogP contribution in [0, 0.1) is 10.1 Å². The topological polar surface area (TPSA) is 75.6 Å². The average Bonchev–Trinajstić information content (AvgIpc) is 2.35. The molecular formula is C14H22N4O2. The lowest BCUT2D eigenvalue weighted by atomic mass is 9.99. The van der Waals surface area contributed by atoms with Crippen LogP contribution in [-0.2, 0) is 6.54 Å². The maximum Gasteiger partial charge on any atom is 0.292 e. The van der Waals surface area contributed by atoms with E-state index in [2.05, 4.69) is 30.7 Å². The van der Waals surface area contributed by atoms with Crippen molar-refractivity contribution in [2.45, 2.75) is 25.9 Å². The second-order valence-electron chi connectivity index (χ2n) is 6.09. The molecule has 20 heavy (non-hydrogen) atoms. The van der Waals surface area contributed by atoms with Crippen LogP contribution in [0.3, 0.4) is 0 Å². The lowest BCUT2D eigenvalue weighted by Gasteiger charge is -2.45. The molecule has 0 aliphatic carbocycles. The Kier molecular flexibility index (Phi) is 3.96. The van der Waals surface area contributed by atoms with Gasteiger partial charge in [-0.25, -0.2) is 0 Å². The predicted octanol–water partition coefficient (Wildman–Crippen LogP) is 1.70. The molecule has 6 nitrogen and oxygen atoms in total. The zero-order valence-electron chi connectivity index (χ0n) is 12.3. The number of hydrogen-bond acceptors (Lipinski definition) is 5. The van der Waals surface area contributed by atoms with E-state index < -0.39 is 4.92 Å². The van der Waals surface area contributed by atoms with Gasteiger partial charge in [0.25, 0.3) is 5.69 Å². The fourth-order valence-corrected chi connectivity index (χ4v) is 2.58. The van der Waals surface area contributed by atoms with Crippen molar-refractivity contribution in [2.24, 2.45) is 0 Å². The van der Waals surface area contributed by atoms with Crippen LogP contribution in [0.15, 0.2) is 18.2 Å². The van der Waals surface area contributed by atoms with Gasteiger partial charge in [-0.05, 0) is 32.5 Å². The highest BCUT2D eigenvalue weighted by atomic mass is 16.6. The third-order valence-electron chi connectivity index (χ3n) is 4.09. The number of nitro groups is 1. The molecule has 0 unspecified atom stereocenters. The summed E-state index contributed by atoms with van der Waals surface area (Å²) in [4.78, 5) is 15.2. The first kappa shape index (κ1) is 14.7. The van der Waals surface area contributed by atoms with Crippen LogP contribution in [0.4, 0.5) is 11.4 Å². The van der Waals surface area contributed by atoms with E-state index in [0.717, 1.165) is 31.7 Å². The molecule has 1 saturated heterocycles. The third kappa shape index (κ3) is 3.08. The van der Waals surface area contributed by atoms with Gasteiger partial charge in [-0.3, -0.25) is 19.9 Å². The van der Waals surface area contributed by atoms with Crippen molar-refractivity contribution in [3.05, 3.63) is 33.9 Å². The van der Waals surface area contributed by atoms with Gasteiger partial charge in [0.2, 0.25) is 0 Å². The van der Waals surface area contributed by atoms with Crippen molar-refractivity contribution >= 4 is 11.4 Å². The molecule has 0 amide bonds. The van der Waals surface area contributed by atoms with Crippen LogP contribution in [0.1, 0.15) is 19.4 Å². The van der Waals surface area contributed by atoms with E-state index in [1.54, 1.807) is 12.1 Å². The summed E-state index contributed by atoms with van der Waals surface area (Å²) in [5.74, 6) is 0. The van der Waals surface area contributed by atoms with Gasteiger partial charge in [-0.15, -0.1) is 0 Å². The molecule has 1 fully saturated rings. The Morgan fingerprint density at radius 3 is 2.70 bits per heavy atom. The zero-order valence-corrected chi connectivity index (χ0v) is 12.3. The predicted molar refractivity (Wildman–Crippen MR) is 79.5 cm³/mol. The quantitative estimate of drug-likeness (QED) is 0.517. The first-order valence-electron chi connectivity index (χ1n) is 6.76. The fraction of sp³-hybridized carbons (Fsp3) is 0.571. The number of nitrogens with zero attached hydrogens (tertiary/aromatic N) is 3. The second kappa shape index (κ2) is 5.38. The molecule has 1 aromatic rings. The molecule has 2 N–H and O–H groups in total. The highest BCUT2D eigenvalue weighted by molar-refractivity contribution is 5.59. The van der Waals surface area contributed by atoms with Crippen molar-refractivity contribution < 1.29 is 4.92 Å². The van der Waals surface area contributed by atoms with Crippen LogP contribution in [0.5, 0.6) is 0 Å². The molecule has 6 heteroatoms. The maximum atomic E-state index is 10.9. The molecule has 0 bridgehead atoms. The number of hydrogen-bond donors (Lipinski definition) is 1. The van der Waals surface area contributed by atoms with Crippen molar-refractivity contribution in [1.82, 2.24) is 9.80 Å². The SMILES string of the molecule is CN1CCN(Cc2ccc(N)c([N+](=O)[O-])c2)CC1(C)C. The average molecular weight is 278 g/mol. The van der Waals surface area contributed by atoms with Gasteiger partial charge in [0.05, 0.1) is 4.92 Å². The van der Waals surface area contributed by atoms with Gasteiger partial charge < -0.3 is 5.73 Å². The summed E-state index contributed by atoms with van der Waals surface area (Å²) >= 11 is 0. The van der Waals surface area contributed by atoms with Gasteiger partial charge in [-0.2, -0.15) is 0 Å². The summed E-state index contributed by atoms with van der Waals surface area (Å²) in [6, 6.07) is 5.07. The van der Waals surface area contributed by atoms with Gasteiger partial charge >= 0.3 is 0 Å². The summed E-state index contributed by atoms with van der Waals surface area (Å²) in [5, 5.41) is 10.9. The van der Waals surface area contributed by atoms with Crippen LogP contribution in [0.25, 0.3) is 0 Å². The molecule has 2 rings (SSSR count). The highest BCUT2D eigenvalue weighted by Crippen LogP contribution is 2.25. The Balaban J connectivity index is 2.11. The number of rotatable bonds is 3. The van der Waals surface area contributed by atoms with Crippen LogP contribution >= 0.6 is 0 Å². The van der Waals surface area contributed by atoms with E-state index in [-0.39, 0.29) is 16.9 Å². The number of likely N-dealkylation sites (N-methyl/N-ethyl adjacent to an activating group) is 1. The largest absolute Gasteiger partial charge is 0.393 e. The number of anilines is 1. The Labute approximate surface area is 119 Å². The normalized spacial score (nSPS) is 19.9. The molecule has 1 aliphatic heterocycles.